The molecule has 0 atom stereocenters. The number of anilines is 1. The number of rotatable bonds is 9. The van der Waals surface area contributed by atoms with Crippen LogP contribution in [0.1, 0.15) is 48.1 Å². The number of thiazole rings is 1. The van der Waals surface area contributed by atoms with Crippen molar-refractivity contribution in [3.63, 3.8) is 0 Å². The number of ether oxygens (including phenoxy) is 1. The summed E-state index contributed by atoms with van der Waals surface area (Å²) in [4.78, 5) is 30.9. The Balaban J connectivity index is 1.35. The molecule has 0 saturated heterocycles. The Labute approximate surface area is 206 Å². The minimum absolute atomic E-state index is 0.218. The lowest BCUT2D eigenvalue weighted by molar-refractivity contribution is -0.00109. The Hall–Kier alpha value is -3.16. The van der Waals surface area contributed by atoms with Crippen molar-refractivity contribution in [1.82, 2.24) is 25.3 Å². The highest BCUT2D eigenvalue weighted by Gasteiger charge is 2.48. The van der Waals surface area contributed by atoms with Gasteiger partial charge in [0.1, 0.15) is 5.69 Å². The molecule has 0 bridgehead atoms. The van der Waals surface area contributed by atoms with E-state index in [0.717, 1.165) is 11.3 Å². The molecule has 0 aliphatic heterocycles. The summed E-state index contributed by atoms with van der Waals surface area (Å²) in [6.07, 6.45) is 7.33. The second-order valence-electron chi connectivity index (χ2n) is 8.58. The zero-order valence-electron chi connectivity index (χ0n) is 18.8. The van der Waals surface area contributed by atoms with E-state index in [9.17, 15) is 18.3 Å². The predicted octanol–water partition coefficient (Wildman–Crippen LogP) is 2.08. The van der Waals surface area contributed by atoms with Gasteiger partial charge in [0, 0.05) is 25.2 Å². The Morgan fingerprint density at radius 2 is 2.06 bits per heavy atom. The third kappa shape index (κ3) is 4.97. The largest absolute Gasteiger partial charge is 0.477 e. The van der Waals surface area contributed by atoms with Crippen LogP contribution in [0.2, 0.25) is 0 Å². The topological polar surface area (TPSA) is 156 Å². The van der Waals surface area contributed by atoms with Gasteiger partial charge >= 0.3 is 0 Å². The number of hydrogen-bond acceptors (Lipinski definition) is 10. The van der Waals surface area contributed by atoms with Crippen molar-refractivity contribution in [2.45, 2.75) is 49.5 Å². The quantitative estimate of drug-likeness (QED) is 0.387. The second-order valence-corrected chi connectivity index (χ2v) is 11.6. The maximum Gasteiger partial charge on any atom is 0.281 e. The fourth-order valence-electron chi connectivity index (χ4n) is 3.95. The van der Waals surface area contributed by atoms with Crippen molar-refractivity contribution in [3.8, 4) is 16.5 Å². The summed E-state index contributed by atoms with van der Waals surface area (Å²) >= 11 is 1.16. The number of nitrogens with zero attached hydrogens (tertiary/aromatic N) is 4. The molecule has 3 heterocycles. The van der Waals surface area contributed by atoms with Crippen molar-refractivity contribution in [1.29, 1.82) is 0 Å². The lowest BCUT2D eigenvalue weighted by Crippen LogP contribution is -2.57. The zero-order valence-corrected chi connectivity index (χ0v) is 20.5. The number of hydrogen-bond donors (Lipinski definition) is 3. The third-order valence-corrected chi connectivity index (χ3v) is 8.74. The maximum atomic E-state index is 13.1. The van der Waals surface area contributed by atoms with Crippen molar-refractivity contribution in [2.24, 2.45) is 0 Å². The maximum absolute atomic E-state index is 13.1. The van der Waals surface area contributed by atoms with Gasteiger partial charge in [0.05, 0.1) is 52.2 Å². The smallest absolute Gasteiger partial charge is 0.281 e. The number of pyridine rings is 1. The average molecular weight is 517 g/mol. The molecule has 13 heteroatoms. The van der Waals surface area contributed by atoms with Crippen molar-refractivity contribution in [2.75, 3.05) is 11.3 Å². The van der Waals surface area contributed by atoms with Crippen LogP contribution in [0.4, 0.5) is 5.69 Å². The highest BCUT2D eigenvalue weighted by Crippen LogP contribution is 2.42. The van der Waals surface area contributed by atoms with Crippen LogP contribution in [-0.2, 0) is 15.6 Å². The van der Waals surface area contributed by atoms with Crippen LogP contribution in [0, 0.1) is 0 Å². The Morgan fingerprint density at radius 3 is 2.77 bits per heavy atom. The molecule has 3 N–H and O–H groups in total. The molecular weight excluding hydrogens is 492 g/mol. The van der Waals surface area contributed by atoms with Crippen LogP contribution in [0.3, 0.4) is 0 Å². The van der Waals surface area contributed by atoms with E-state index in [1.807, 2.05) is 6.92 Å². The Bertz CT molecular complexity index is 1350. The van der Waals surface area contributed by atoms with Gasteiger partial charge in [-0.05, 0) is 31.9 Å². The van der Waals surface area contributed by atoms with E-state index in [2.05, 4.69) is 30.0 Å². The third-order valence-electron chi connectivity index (χ3n) is 5.85. The van der Waals surface area contributed by atoms with Gasteiger partial charge in [-0.2, -0.15) is 0 Å². The molecule has 184 valence electrons. The highest BCUT2D eigenvalue weighted by molar-refractivity contribution is 7.93. The summed E-state index contributed by atoms with van der Waals surface area (Å²) in [6, 6.07) is 3.17. The molecule has 2 saturated carbocycles. The minimum atomic E-state index is -3.44. The van der Waals surface area contributed by atoms with E-state index in [4.69, 9.17) is 4.74 Å². The number of amides is 1. The Kier molecular flexibility index (Phi) is 6.15. The van der Waals surface area contributed by atoms with Crippen molar-refractivity contribution < 1.29 is 23.1 Å². The van der Waals surface area contributed by atoms with Crippen LogP contribution in [0.15, 0.2) is 36.9 Å². The highest BCUT2D eigenvalue weighted by atomic mass is 32.2. The predicted molar refractivity (Wildman–Crippen MR) is 128 cm³/mol. The number of carbonyl (C=O) groups is 1. The number of aromatic nitrogens is 4. The van der Waals surface area contributed by atoms with Crippen LogP contribution >= 0.6 is 11.3 Å². The molecule has 0 aromatic carbocycles. The summed E-state index contributed by atoms with van der Waals surface area (Å²) in [5.41, 5.74) is 0.455. The lowest BCUT2D eigenvalue weighted by Gasteiger charge is -2.45. The molecule has 0 radical (unpaired) electrons. The zero-order chi connectivity index (χ0) is 24.6. The van der Waals surface area contributed by atoms with Crippen LogP contribution < -0.4 is 14.8 Å². The molecule has 5 rings (SSSR count). The molecule has 3 aromatic rings. The molecule has 0 unspecified atom stereocenters. The number of nitrogens with one attached hydrogen (secondary N) is 2. The van der Waals surface area contributed by atoms with E-state index in [-0.39, 0.29) is 23.1 Å². The summed E-state index contributed by atoms with van der Waals surface area (Å²) in [7, 11) is -3.44. The molecular formula is C22H24N6O5S2. The fourth-order valence-corrected chi connectivity index (χ4v) is 6.10. The van der Waals surface area contributed by atoms with Gasteiger partial charge < -0.3 is 15.2 Å². The van der Waals surface area contributed by atoms with Gasteiger partial charge in [-0.1, -0.05) is 0 Å². The normalized spacial score (nSPS) is 21.7. The van der Waals surface area contributed by atoms with Gasteiger partial charge in [0.2, 0.25) is 15.9 Å². The van der Waals surface area contributed by atoms with Gasteiger partial charge in [0.15, 0.2) is 5.01 Å². The minimum Gasteiger partial charge on any atom is -0.477 e. The van der Waals surface area contributed by atoms with Crippen molar-refractivity contribution in [3.05, 3.63) is 47.6 Å². The van der Waals surface area contributed by atoms with E-state index in [1.54, 1.807) is 24.5 Å². The second kappa shape index (κ2) is 9.13. The van der Waals surface area contributed by atoms with Crippen LogP contribution in [0.25, 0.3) is 10.6 Å². The van der Waals surface area contributed by atoms with Crippen LogP contribution in [-0.4, -0.2) is 57.3 Å². The van der Waals surface area contributed by atoms with Gasteiger partial charge in [-0.3, -0.25) is 19.5 Å². The van der Waals surface area contributed by atoms with E-state index >= 15 is 0 Å². The average Bonchev–Trinajstić information content (AvgIpc) is 3.56. The first kappa shape index (κ1) is 23.6. The summed E-state index contributed by atoms with van der Waals surface area (Å²) in [5, 5.41) is 12.9. The first-order valence-corrected chi connectivity index (χ1v) is 13.5. The Morgan fingerprint density at radius 1 is 1.26 bits per heavy atom. The first-order valence-electron chi connectivity index (χ1n) is 11.2. The van der Waals surface area contributed by atoms with Gasteiger partial charge in [-0.25, -0.2) is 18.4 Å². The van der Waals surface area contributed by atoms with Crippen LogP contribution in [0.5, 0.6) is 5.88 Å². The molecule has 35 heavy (non-hydrogen) atoms. The van der Waals surface area contributed by atoms with Crippen molar-refractivity contribution >= 4 is 33.0 Å². The number of sulfonamides is 1. The van der Waals surface area contributed by atoms with Gasteiger partial charge in [0.25, 0.3) is 5.91 Å². The first-order chi connectivity index (χ1) is 16.8. The fraction of sp³-hybridized carbons (Fsp3) is 0.409. The molecule has 2 aliphatic rings. The van der Waals surface area contributed by atoms with Gasteiger partial charge in [-0.15, -0.1) is 11.3 Å². The lowest BCUT2D eigenvalue weighted by atomic mass is 9.71. The summed E-state index contributed by atoms with van der Waals surface area (Å²) in [5.74, 6) is -0.0390. The van der Waals surface area contributed by atoms with E-state index < -0.39 is 27.6 Å². The van der Waals surface area contributed by atoms with E-state index in [0.29, 0.717) is 47.3 Å². The molecule has 11 nitrogen and oxygen atoms in total. The standard InChI is InChI=1S/C22H24N6O5S2/c1-2-33-19-12-23-10-16(26-19)17-11-25-21(34-17)20(30)27-22(8-14(29)9-22)18-7-13(5-6-24-18)28-35(31,32)15-3-4-15/h5-7,10-12,14-15,29H,2-4,8-9H2,1H3,(H,24,28)(H,27,30). The van der Waals surface area contributed by atoms with E-state index in [1.165, 1.54) is 12.4 Å². The number of carbonyl (C=O) groups excluding carboxylic acids is 1. The number of aliphatic hydroxyl groups excluding tert-OH is 1. The summed E-state index contributed by atoms with van der Waals surface area (Å²) in [6.45, 7) is 2.31. The SMILES string of the molecule is CCOc1cncc(-c2cnc(C(=O)NC3(c4cc(NS(=O)(=O)C5CC5)ccn4)CC(O)C3)s2)n1. The number of aliphatic hydroxyl groups is 1. The molecule has 1 amide bonds. The monoisotopic (exact) mass is 516 g/mol. The summed E-state index contributed by atoms with van der Waals surface area (Å²) < 4.78 is 32.6. The molecule has 0 spiro atoms. The molecule has 3 aromatic heterocycles. The molecule has 2 aliphatic carbocycles. The molecule has 2 fully saturated rings.